The minimum Gasteiger partial charge on any atom is -0.365 e. The van der Waals surface area contributed by atoms with Gasteiger partial charge in [-0.15, -0.1) is 0 Å². The highest BCUT2D eigenvalue weighted by Crippen LogP contribution is 2.31. The Morgan fingerprint density at radius 2 is 1.50 bits per heavy atom. The SMILES string of the molecule is CNc1ncc(S(=O)(=O)c2cccc(-c3cccc(S(C)(=O)=O)c3)c2)s1. The van der Waals surface area contributed by atoms with Gasteiger partial charge in [0.25, 0.3) is 0 Å². The van der Waals surface area contributed by atoms with E-state index < -0.39 is 19.7 Å². The zero-order valence-electron chi connectivity index (χ0n) is 14.0. The highest BCUT2D eigenvalue weighted by molar-refractivity contribution is 7.93. The van der Waals surface area contributed by atoms with Crippen molar-refractivity contribution in [1.82, 2.24) is 4.98 Å². The molecule has 1 aromatic heterocycles. The van der Waals surface area contributed by atoms with Gasteiger partial charge in [0.2, 0.25) is 9.84 Å². The number of thiazole rings is 1. The summed E-state index contributed by atoms with van der Waals surface area (Å²) in [7, 11) is -5.38. The molecule has 2 aromatic carbocycles. The average Bonchev–Trinajstić information content (AvgIpc) is 3.11. The summed E-state index contributed by atoms with van der Waals surface area (Å²) in [5.41, 5.74) is 1.25. The predicted octanol–water partition coefficient (Wildman–Crippen LogP) is 3.09. The van der Waals surface area contributed by atoms with Crippen LogP contribution in [0, 0.1) is 0 Å². The van der Waals surface area contributed by atoms with Gasteiger partial charge >= 0.3 is 0 Å². The molecule has 1 heterocycles. The van der Waals surface area contributed by atoms with Crippen molar-refractivity contribution in [3.8, 4) is 11.1 Å². The third-order valence-electron chi connectivity index (χ3n) is 3.70. The van der Waals surface area contributed by atoms with E-state index in [4.69, 9.17) is 0 Å². The molecule has 3 aromatic rings. The molecule has 0 saturated carbocycles. The zero-order valence-corrected chi connectivity index (χ0v) is 16.5. The van der Waals surface area contributed by atoms with Crippen molar-refractivity contribution >= 4 is 36.1 Å². The van der Waals surface area contributed by atoms with E-state index in [9.17, 15) is 16.8 Å². The first-order valence-corrected chi connectivity index (χ1v) is 11.7. The van der Waals surface area contributed by atoms with E-state index in [0.717, 1.165) is 17.6 Å². The van der Waals surface area contributed by atoms with Gasteiger partial charge in [-0.2, -0.15) is 0 Å². The van der Waals surface area contributed by atoms with E-state index in [-0.39, 0.29) is 14.0 Å². The second kappa shape index (κ2) is 6.82. The summed E-state index contributed by atoms with van der Waals surface area (Å²) >= 11 is 1.05. The molecule has 3 rings (SSSR count). The van der Waals surface area contributed by atoms with Gasteiger partial charge in [-0.3, -0.25) is 0 Å². The third kappa shape index (κ3) is 3.64. The predicted molar refractivity (Wildman–Crippen MR) is 102 cm³/mol. The Balaban J connectivity index is 2.06. The summed E-state index contributed by atoms with van der Waals surface area (Å²) in [6, 6.07) is 12.8. The molecule has 9 heteroatoms. The van der Waals surface area contributed by atoms with E-state index in [0.29, 0.717) is 16.3 Å². The largest absolute Gasteiger partial charge is 0.365 e. The van der Waals surface area contributed by atoms with Crippen molar-refractivity contribution in [2.24, 2.45) is 0 Å². The number of rotatable bonds is 5. The Bertz CT molecular complexity index is 1170. The van der Waals surface area contributed by atoms with Gasteiger partial charge in [-0.1, -0.05) is 35.6 Å². The lowest BCUT2D eigenvalue weighted by Crippen LogP contribution is -2.00. The second-order valence-corrected chi connectivity index (χ2v) is 10.8. The smallest absolute Gasteiger partial charge is 0.217 e. The minimum absolute atomic E-state index is 0.131. The monoisotopic (exact) mass is 408 g/mol. The lowest BCUT2D eigenvalue weighted by molar-refractivity contribution is 0.597. The Kier molecular flexibility index (Phi) is 4.87. The Morgan fingerprint density at radius 3 is 2.04 bits per heavy atom. The van der Waals surface area contributed by atoms with Gasteiger partial charge in [0.1, 0.15) is 4.21 Å². The molecule has 0 bridgehead atoms. The maximum Gasteiger partial charge on any atom is 0.217 e. The van der Waals surface area contributed by atoms with Crippen LogP contribution in [0.3, 0.4) is 0 Å². The normalized spacial score (nSPS) is 12.1. The van der Waals surface area contributed by atoms with Crippen molar-refractivity contribution in [3.63, 3.8) is 0 Å². The van der Waals surface area contributed by atoms with Crippen LogP contribution in [0.25, 0.3) is 11.1 Å². The first-order valence-electron chi connectivity index (χ1n) is 7.51. The molecule has 0 saturated heterocycles. The summed E-state index contributed by atoms with van der Waals surface area (Å²) in [5, 5.41) is 3.33. The molecule has 136 valence electrons. The number of aromatic nitrogens is 1. The molecule has 6 nitrogen and oxygen atoms in total. The zero-order chi connectivity index (χ0) is 18.9. The Hall–Kier alpha value is -2.23. The minimum atomic E-state index is -3.70. The molecule has 0 aliphatic carbocycles. The van der Waals surface area contributed by atoms with Crippen LogP contribution >= 0.6 is 11.3 Å². The van der Waals surface area contributed by atoms with Crippen LogP contribution < -0.4 is 5.32 Å². The molecule has 0 unspecified atom stereocenters. The molecule has 0 atom stereocenters. The molecule has 26 heavy (non-hydrogen) atoms. The molecule has 0 aliphatic rings. The van der Waals surface area contributed by atoms with Crippen LogP contribution in [-0.4, -0.2) is 35.1 Å². The van der Waals surface area contributed by atoms with E-state index in [1.165, 1.54) is 30.5 Å². The summed E-state index contributed by atoms with van der Waals surface area (Å²) < 4.78 is 49.3. The Morgan fingerprint density at radius 1 is 0.923 bits per heavy atom. The maximum atomic E-state index is 12.8. The van der Waals surface area contributed by atoms with Crippen molar-refractivity contribution in [2.75, 3.05) is 18.6 Å². The molecule has 0 aliphatic heterocycles. The summed E-state index contributed by atoms with van der Waals surface area (Å²) in [6.07, 6.45) is 2.46. The molecule has 0 radical (unpaired) electrons. The molecular formula is C17H16N2O4S3. The number of nitrogens with one attached hydrogen (secondary N) is 1. The molecule has 0 spiro atoms. The molecular weight excluding hydrogens is 392 g/mol. The van der Waals surface area contributed by atoms with Gasteiger partial charge in [-0.05, 0) is 35.4 Å². The first-order chi connectivity index (χ1) is 12.2. The quantitative estimate of drug-likeness (QED) is 0.697. The topological polar surface area (TPSA) is 93.2 Å². The van der Waals surface area contributed by atoms with E-state index in [2.05, 4.69) is 10.3 Å². The summed E-state index contributed by atoms with van der Waals surface area (Å²) in [5.74, 6) is 0. The van der Waals surface area contributed by atoms with Crippen LogP contribution in [0.15, 0.2) is 68.7 Å². The summed E-state index contributed by atoms with van der Waals surface area (Å²) in [6.45, 7) is 0. The van der Waals surface area contributed by atoms with E-state index in [1.54, 1.807) is 31.3 Å². The molecule has 1 N–H and O–H groups in total. The number of benzene rings is 2. The van der Waals surface area contributed by atoms with Crippen LogP contribution in [-0.2, 0) is 19.7 Å². The van der Waals surface area contributed by atoms with Crippen LogP contribution in [0.4, 0.5) is 5.13 Å². The lowest BCUT2D eigenvalue weighted by Gasteiger charge is -2.07. The van der Waals surface area contributed by atoms with Crippen LogP contribution in [0.1, 0.15) is 0 Å². The maximum absolute atomic E-state index is 12.8. The van der Waals surface area contributed by atoms with Gasteiger partial charge in [-0.25, -0.2) is 21.8 Å². The number of anilines is 1. The van der Waals surface area contributed by atoms with Crippen LogP contribution in [0.2, 0.25) is 0 Å². The number of nitrogens with zero attached hydrogens (tertiary/aromatic N) is 1. The van der Waals surface area contributed by atoms with Crippen molar-refractivity contribution in [3.05, 3.63) is 54.7 Å². The second-order valence-electron chi connectivity index (χ2n) is 5.57. The fraction of sp³-hybridized carbons (Fsp3) is 0.118. The van der Waals surface area contributed by atoms with Gasteiger partial charge in [0.05, 0.1) is 16.0 Å². The molecule has 0 fully saturated rings. The van der Waals surface area contributed by atoms with Gasteiger partial charge < -0.3 is 5.32 Å². The van der Waals surface area contributed by atoms with Crippen molar-refractivity contribution in [1.29, 1.82) is 0 Å². The number of hydrogen-bond acceptors (Lipinski definition) is 7. The van der Waals surface area contributed by atoms with Gasteiger partial charge in [0.15, 0.2) is 15.0 Å². The third-order valence-corrected chi connectivity index (χ3v) is 8.04. The Labute approximate surface area is 156 Å². The fourth-order valence-corrected chi connectivity index (χ4v) is 5.46. The van der Waals surface area contributed by atoms with E-state index >= 15 is 0 Å². The average molecular weight is 409 g/mol. The van der Waals surface area contributed by atoms with Crippen molar-refractivity contribution < 1.29 is 16.8 Å². The highest BCUT2D eigenvalue weighted by Gasteiger charge is 2.21. The standard InChI is InChI=1S/C17H16N2O4S3/c1-18-17-19-11-16(24-17)26(22,23)15-8-4-6-13(10-15)12-5-3-7-14(9-12)25(2,20)21/h3-11H,1-2H3,(H,18,19). The van der Waals surface area contributed by atoms with Crippen LogP contribution in [0.5, 0.6) is 0 Å². The fourth-order valence-electron chi connectivity index (χ4n) is 2.36. The number of hydrogen-bond donors (Lipinski definition) is 1. The molecule has 0 amide bonds. The number of sulfone groups is 2. The van der Waals surface area contributed by atoms with Gasteiger partial charge in [0, 0.05) is 13.3 Å². The van der Waals surface area contributed by atoms with E-state index in [1.807, 2.05) is 0 Å². The first kappa shape index (κ1) is 18.6. The summed E-state index contributed by atoms with van der Waals surface area (Å²) in [4.78, 5) is 4.32. The van der Waals surface area contributed by atoms with Crippen molar-refractivity contribution in [2.45, 2.75) is 14.0 Å². The lowest BCUT2D eigenvalue weighted by atomic mass is 10.1. The highest BCUT2D eigenvalue weighted by atomic mass is 32.2.